The Hall–Kier alpha value is -1.39. The summed E-state index contributed by atoms with van der Waals surface area (Å²) in [6.45, 7) is 4.47. The van der Waals surface area contributed by atoms with E-state index in [1.807, 2.05) is 6.20 Å². The summed E-state index contributed by atoms with van der Waals surface area (Å²) >= 11 is 3.58. The molecule has 1 fully saturated rings. The molecule has 4 rings (SSSR count). The molecule has 2 aliphatic heterocycles. The number of nitrogens with zero attached hydrogens (tertiary/aromatic N) is 3. The lowest BCUT2D eigenvalue weighted by molar-refractivity contribution is 0.271. The highest BCUT2D eigenvalue weighted by Gasteiger charge is 2.28. The van der Waals surface area contributed by atoms with E-state index in [4.69, 9.17) is 0 Å². The number of pyridine rings is 1. The molecule has 21 heavy (non-hydrogen) atoms. The number of hydrogen-bond donors (Lipinski definition) is 0. The van der Waals surface area contributed by atoms with Crippen LogP contribution in [0.2, 0.25) is 0 Å². The van der Waals surface area contributed by atoms with Crippen molar-refractivity contribution in [3.05, 3.63) is 47.1 Å². The minimum absolute atomic E-state index is 0.676. The molecule has 0 bridgehead atoms. The van der Waals surface area contributed by atoms with Crippen molar-refractivity contribution in [3.8, 4) is 0 Å². The molecule has 1 unspecified atom stereocenters. The summed E-state index contributed by atoms with van der Waals surface area (Å²) in [6.07, 6.45) is 7.74. The molecule has 4 heteroatoms. The minimum Gasteiger partial charge on any atom is -0.369 e. The van der Waals surface area contributed by atoms with E-state index in [1.165, 1.54) is 17.5 Å². The summed E-state index contributed by atoms with van der Waals surface area (Å²) in [4.78, 5) is 9.57. The van der Waals surface area contributed by atoms with Crippen LogP contribution in [0.1, 0.15) is 6.42 Å². The van der Waals surface area contributed by atoms with Crippen LogP contribution in [0.4, 0.5) is 5.69 Å². The largest absolute Gasteiger partial charge is 0.369 e. The molecule has 0 radical (unpaired) electrons. The molecule has 2 aliphatic rings. The van der Waals surface area contributed by atoms with Gasteiger partial charge in [0.2, 0.25) is 0 Å². The molecule has 2 aromatic rings. The van der Waals surface area contributed by atoms with Crippen LogP contribution in [0, 0.1) is 0 Å². The highest BCUT2D eigenvalue weighted by molar-refractivity contribution is 9.10. The van der Waals surface area contributed by atoms with Crippen LogP contribution in [0.3, 0.4) is 0 Å². The molecule has 0 aliphatic carbocycles. The average molecular weight is 344 g/mol. The van der Waals surface area contributed by atoms with Crippen LogP contribution >= 0.6 is 15.9 Å². The van der Waals surface area contributed by atoms with Crippen molar-refractivity contribution in [2.75, 3.05) is 31.1 Å². The van der Waals surface area contributed by atoms with Crippen LogP contribution in [-0.2, 0) is 0 Å². The molecular formula is C17H18BrN3. The van der Waals surface area contributed by atoms with Crippen molar-refractivity contribution in [2.45, 2.75) is 12.5 Å². The van der Waals surface area contributed by atoms with Crippen LogP contribution in [0.25, 0.3) is 10.9 Å². The lowest BCUT2D eigenvalue weighted by Gasteiger charge is -2.25. The zero-order chi connectivity index (χ0) is 14.2. The first-order valence-electron chi connectivity index (χ1n) is 7.49. The Morgan fingerprint density at radius 1 is 1.14 bits per heavy atom. The number of halogens is 1. The molecule has 3 nitrogen and oxygen atoms in total. The summed E-state index contributed by atoms with van der Waals surface area (Å²) in [7, 11) is 0. The maximum atomic E-state index is 4.48. The standard InChI is InChI=1S/C17H18BrN3/c18-13-3-4-16-15(11-13)17(5-7-19-16)21-10-6-14(12-21)20-8-1-2-9-20/h1-5,7,11,14H,6,8-10,12H2. The van der Waals surface area contributed by atoms with Gasteiger partial charge in [0.15, 0.2) is 0 Å². The maximum absolute atomic E-state index is 4.48. The van der Waals surface area contributed by atoms with Crippen LogP contribution in [-0.4, -0.2) is 42.1 Å². The fraction of sp³-hybridized carbons (Fsp3) is 0.353. The fourth-order valence-corrected chi connectivity index (χ4v) is 3.79. The summed E-state index contributed by atoms with van der Waals surface area (Å²) in [5.74, 6) is 0. The topological polar surface area (TPSA) is 19.4 Å². The van der Waals surface area contributed by atoms with E-state index in [-0.39, 0.29) is 0 Å². The Morgan fingerprint density at radius 3 is 2.86 bits per heavy atom. The molecule has 0 N–H and O–H groups in total. The van der Waals surface area contributed by atoms with Crippen molar-refractivity contribution in [1.29, 1.82) is 0 Å². The van der Waals surface area contributed by atoms with E-state index >= 15 is 0 Å². The van der Waals surface area contributed by atoms with E-state index < -0.39 is 0 Å². The average Bonchev–Trinajstić information content (AvgIpc) is 3.17. The smallest absolute Gasteiger partial charge is 0.0723 e. The Kier molecular flexibility index (Phi) is 3.43. The fourth-order valence-electron chi connectivity index (χ4n) is 3.43. The number of benzene rings is 1. The Balaban J connectivity index is 1.63. The quantitative estimate of drug-likeness (QED) is 0.778. The van der Waals surface area contributed by atoms with Crippen LogP contribution in [0.15, 0.2) is 47.1 Å². The van der Waals surface area contributed by atoms with Gasteiger partial charge in [-0.1, -0.05) is 28.1 Å². The third kappa shape index (κ3) is 2.47. The van der Waals surface area contributed by atoms with Gasteiger partial charge in [-0.2, -0.15) is 0 Å². The van der Waals surface area contributed by atoms with Gasteiger partial charge in [-0.25, -0.2) is 0 Å². The Labute approximate surface area is 133 Å². The molecule has 1 aromatic heterocycles. The Bertz CT molecular complexity index is 689. The number of hydrogen-bond acceptors (Lipinski definition) is 3. The zero-order valence-electron chi connectivity index (χ0n) is 11.9. The molecule has 1 saturated heterocycles. The Morgan fingerprint density at radius 2 is 2.00 bits per heavy atom. The van der Waals surface area contributed by atoms with Gasteiger partial charge in [0.05, 0.1) is 5.52 Å². The monoisotopic (exact) mass is 343 g/mol. The lowest BCUT2D eigenvalue weighted by atomic mass is 10.2. The van der Waals surface area contributed by atoms with Crippen molar-refractivity contribution < 1.29 is 0 Å². The van der Waals surface area contributed by atoms with Crippen molar-refractivity contribution >= 4 is 32.5 Å². The summed E-state index contributed by atoms with van der Waals surface area (Å²) in [5, 5.41) is 1.24. The van der Waals surface area contributed by atoms with Gasteiger partial charge in [-0.3, -0.25) is 9.88 Å². The number of aromatic nitrogens is 1. The van der Waals surface area contributed by atoms with Gasteiger partial charge >= 0.3 is 0 Å². The van der Waals surface area contributed by atoms with Crippen molar-refractivity contribution in [1.82, 2.24) is 9.88 Å². The summed E-state index contributed by atoms with van der Waals surface area (Å²) in [5.41, 5.74) is 2.39. The molecular weight excluding hydrogens is 326 g/mol. The normalized spacial score (nSPS) is 22.5. The lowest BCUT2D eigenvalue weighted by Crippen LogP contribution is -2.35. The first-order chi connectivity index (χ1) is 10.3. The predicted molar refractivity (Wildman–Crippen MR) is 90.8 cm³/mol. The second kappa shape index (κ2) is 5.43. The summed E-state index contributed by atoms with van der Waals surface area (Å²) in [6, 6.07) is 9.15. The number of rotatable bonds is 2. The van der Waals surface area contributed by atoms with Gasteiger partial charge in [0.25, 0.3) is 0 Å². The van der Waals surface area contributed by atoms with Gasteiger partial charge in [0, 0.05) is 54.0 Å². The van der Waals surface area contributed by atoms with Crippen LogP contribution < -0.4 is 4.90 Å². The molecule has 1 atom stereocenters. The molecule has 3 heterocycles. The van der Waals surface area contributed by atoms with E-state index in [0.717, 1.165) is 36.2 Å². The van der Waals surface area contributed by atoms with Gasteiger partial charge in [-0.15, -0.1) is 0 Å². The molecule has 108 valence electrons. The molecule has 0 spiro atoms. The van der Waals surface area contributed by atoms with E-state index in [9.17, 15) is 0 Å². The van der Waals surface area contributed by atoms with Gasteiger partial charge in [0.1, 0.15) is 0 Å². The van der Waals surface area contributed by atoms with Gasteiger partial charge < -0.3 is 4.90 Å². The highest BCUT2D eigenvalue weighted by atomic mass is 79.9. The highest BCUT2D eigenvalue weighted by Crippen LogP contribution is 2.31. The minimum atomic E-state index is 0.676. The number of anilines is 1. The molecule has 0 saturated carbocycles. The van der Waals surface area contributed by atoms with Crippen LogP contribution in [0.5, 0.6) is 0 Å². The SMILES string of the molecule is Brc1ccc2nccc(N3CCC(N4CC=CC4)C3)c2c1. The molecule has 1 aromatic carbocycles. The first-order valence-corrected chi connectivity index (χ1v) is 8.29. The number of fused-ring (bicyclic) bond motifs is 1. The summed E-state index contributed by atoms with van der Waals surface area (Å²) < 4.78 is 1.11. The third-order valence-electron chi connectivity index (χ3n) is 4.55. The second-order valence-electron chi connectivity index (χ2n) is 5.81. The van der Waals surface area contributed by atoms with Gasteiger partial charge in [-0.05, 0) is 30.7 Å². The van der Waals surface area contributed by atoms with Crippen molar-refractivity contribution in [2.24, 2.45) is 0 Å². The van der Waals surface area contributed by atoms with E-state index in [2.05, 4.69) is 67.1 Å². The van der Waals surface area contributed by atoms with E-state index in [1.54, 1.807) is 0 Å². The third-order valence-corrected chi connectivity index (χ3v) is 5.04. The maximum Gasteiger partial charge on any atom is 0.0723 e. The van der Waals surface area contributed by atoms with Crippen molar-refractivity contribution in [3.63, 3.8) is 0 Å². The molecule has 0 amide bonds. The van der Waals surface area contributed by atoms with E-state index in [0.29, 0.717) is 6.04 Å². The predicted octanol–water partition coefficient (Wildman–Crippen LogP) is 3.45. The second-order valence-corrected chi connectivity index (χ2v) is 6.72. The zero-order valence-corrected chi connectivity index (χ0v) is 13.5. The first kappa shape index (κ1) is 13.3.